The van der Waals surface area contributed by atoms with Gasteiger partial charge in [0.15, 0.2) is 0 Å². The molecule has 0 bridgehead atoms. The number of nitrogens with zero attached hydrogens (tertiary/aromatic N) is 1. The van der Waals surface area contributed by atoms with Crippen LogP contribution in [-0.4, -0.2) is 19.3 Å². The minimum Gasteiger partial charge on any atom is -0.347 e. The monoisotopic (exact) mass is 415 g/mol. The van der Waals surface area contributed by atoms with Gasteiger partial charge in [-0.3, -0.25) is 9.78 Å². The van der Waals surface area contributed by atoms with E-state index in [-0.39, 0.29) is 16.8 Å². The number of hydrogen-bond acceptors (Lipinski definition) is 5. The van der Waals surface area contributed by atoms with Crippen molar-refractivity contribution >= 4 is 27.3 Å². The Balaban J connectivity index is 1.62. The van der Waals surface area contributed by atoms with Crippen molar-refractivity contribution in [2.45, 2.75) is 30.2 Å². The zero-order chi connectivity index (χ0) is 20.0. The molecule has 0 unspecified atom stereocenters. The van der Waals surface area contributed by atoms with Crippen molar-refractivity contribution in [3.8, 4) is 0 Å². The largest absolute Gasteiger partial charge is 0.347 e. The number of aryl methyl sites for hydroxylation is 1. The fraction of sp³-hybridized carbons (Fsp3) is 0.200. The van der Waals surface area contributed by atoms with Crippen LogP contribution in [0.25, 0.3) is 0 Å². The van der Waals surface area contributed by atoms with Crippen LogP contribution in [0.5, 0.6) is 0 Å². The summed E-state index contributed by atoms with van der Waals surface area (Å²) >= 11 is 1.62. The molecule has 1 amide bonds. The minimum absolute atomic E-state index is 0.0617. The SMILES string of the molecule is NS(=O)(=O)c1ccc(CCC(=O)N[C@@H](Cc2ccsc2)c2ccccn2)cc1. The second kappa shape index (κ2) is 9.09. The Labute approximate surface area is 168 Å². The molecule has 0 fully saturated rings. The molecule has 6 nitrogen and oxygen atoms in total. The lowest BCUT2D eigenvalue weighted by molar-refractivity contribution is -0.121. The topological polar surface area (TPSA) is 102 Å². The summed E-state index contributed by atoms with van der Waals surface area (Å²) in [5, 5.41) is 12.2. The Morgan fingerprint density at radius 1 is 1.11 bits per heavy atom. The number of pyridine rings is 1. The molecule has 2 heterocycles. The number of aromatic nitrogens is 1. The molecular formula is C20H21N3O3S2. The number of nitrogens with two attached hydrogens (primary N) is 1. The van der Waals surface area contributed by atoms with Crippen molar-refractivity contribution in [1.82, 2.24) is 10.3 Å². The number of benzene rings is 1. The van der Waals surface area contributed by atoms with E-state index in [9.17, 15) is 13.2 Å². The highest BCUT2D eigenvalue weighted by atomic mass is 32.2. The van der Waals surface area contributed by atoms with E-state index in [1.54, 1.807) is 29.7 Å². The van der Waals surface area contributed by atoms with E-state index in [1.807, 2.05) is 29.6 Å². The Morgan fingerprint density at radius 3 is 2.50 bits per heavy atom. The van der Waals surface area contributed by atoms with E-state index in [1.165, 1.54) is 12.1 Å². The molecule has 0 saturated heterocycles. The van der Waals surface area contributed by atoms with Crippen LogP contribution in [0.4, 0.5) is 0 Å². The second-order valence-electron chi connectivity index (χ2n) is 6.40. The predicted octanol–water partition coefficient (Wildman–Crippen LogP) is 2.82. The molecule has 0 spiro atoms. The van der Waals surface area contributed by atoms with Crippen LogP contribution in [-0.2, 0) is 27.7 Å². The number of hydrogen-bond donors (Lipinski definition) is 2. The van der Waals surface area contributed by atoms with Gasteiger partial charge in [0.25, 0.3) is 0 Å². The number of primary sulfonamides is 1. The van der Waals surface area contributed by atoms with Gasteiger partial charge in [0.05, 0.1) is 16.6 Å². The van der Waals surface area contributed by atoms with Crippen LogP contribution < -0.4 is 10.5 Å². The number of carbonyl (C=O) groups is 1. The normalized spacial score (nSPS) is 12.5. The molecule has 3 rings (SSSR count). The lowest BCUT2D eigenvalue weighted by atomic mass is 10.0. The molecule has 0 aliphatic rings. The summed E-state index contributed by atoms with van der Waals surface area (Å²) in [5.74, 6) is -0.0820. The van der Waals surface area contributed by atoms with Crippen molar-refractivity contribution < 1.29 is 13.2 Å². The van der Waals surface area contributed by atoms with Crippen LogP contribution >= 0.6 is 11.3 Å². The van der Waals surface area contributed by atoms with Gasteiger partial charge in [-0.25, -0.2) is 13.6 Å². The molecule has 0 aliphatic carbocycles. The maximum atomic E-state index is 12.5. The lowest BCUT2D eigenvalue weighted by Crippen LogP contribution is -2.30. The third kappa shape index (κ3) is 5.72. The number of sulfonamides is 1. The van der Waals surface area contributed by atoms with Gasteiger partial charge in [0.1, 0.15) is 0 Å². The Morgan fingerprint density at radius 2 is 1.89 bits per heavy atom. The second-order valence-corrected chi connectivity index (χ2v) is 8.74. The standard InChI is InChI=1S/C20H21N3O3S2/c21-28(25,26)17-7-4-15(5-8-17)6-9-20(24)23-19(13-16-10-12-27-14-16)18-3-1-2-11-22-18/h1-5,7-8,10-12,14,19H,6,9,13H2,(H,23,24)(H2,21,25,26)/t19-/m0/s1. The number of rotatable bonds is 8. The first kappa shape index (κ1) is 20.2. The van der Waals surface area contributed by atoms with E-state index in [4.69, 9.17) is 5.14 Å². The van der Waals surface area contributed by atoms with Crippen LogP contribution in [0, 0.1) is 0 Å². The molecule has 1 atom stereocenters. The molecular weight excluding hydrogens is 394 g/mol. The molecule has 3 aromatic rings. The van der Waals surface area contributed by atoms with E-state index >= 15 is 0 Å². The zero-order valence-electron chi connectivity index (χ0n) is 15.1. The quantitative estimate of drug-likeness (QED) is 0.590. The first-order valence-electron chi connectivity index (χ1n) is 8.75. The maximum absolute atomic E-state index is 12.5. The summed E-state index contributed by atoms with van der Waals surface area (Å²) in [6.45, 7) is 0. The average Bonchev–Trinajstić information content (AvgIpc) is 3.19. The maximum Gasteiger partial charge on any atom is 0.238 e. The fourth-order valence-corrected chi connectivity index (χ4v) is 4.02. The molecule has 28 heavy (non-hydrogen) atoms. The summed E-state index contributed by atoms with van der Waals surface area (Å²) < 4.78 is 22.6. The number of carbonyl (C=O) groups excluding carboxylic acids is 1. The van der Waals surface area contributed by atoms with Gasteiger partial charge in [-0.15, -0.1) is 0 Å². The van der Waals surface area contributed by atoms with Crippen molar-refractivity contribution in [2.75, 3.05) is 0 Å². The number of thiophene rings is 1. The fourth-order valence-electron chi connectivity index (χ4n) is 2.83. The molecule has 146 valence electrons. The van der Waals surface area contributed by atoms with Gasteiger partial charge < -0.3 is 5.32 Å². The van der Waals surface area contributed by atoms with Gasteiger partial charge in [0, 0.05) is 12.6 Å². The molecule has 1 aromatic carbocycles. The summed E-state index contributed by atoms with van der Waals surface area (Å²) in [7, 11) is -3.71. The smallest absolute Gasteiger partial charge is 0.238 e. The highest BCUT2D eigenvalue weighted by molar-refractivity contribution is 7.89. The summed E-state index contributed by atoms with van der Waals surface area (Å²) in [6, 6.07) is 13.8. The molecule has 0 radical (unpaired) electrons. The van der Waals surface area contributed by atoms with Gasteiger partial charge in [-0.2, -0.15) is 11.3 Å². The van der Waals surface area contributed by atoms with Crippen LogP contribution in [0.2, 0.25) is 0 Å². The van der Waals surface area contributed by atoms with Gasteiger partial charge in [0.2, 0.25) is 15.9 Å². The average molecular weight is 416 g/mol. The summed E-state index contributed by atoms with van der Waals surface area (Å²) in [4.78, 5) is 16.9. The number of nitrogens with one attached hydrogen (secondary N) is 1. The van der Waals surface area contributed by atoms with Crippen molar-refractivity contribution in [1.29, 1.82) is 0 Å². The van der Waals surface area contributed by atoms with Crippen molar-refractivity contribution in [3.05, 3.63) is 82.3 Å². The number of amides is 1. The lowest BCUT2D eigenvalue weighted by Gasteiger charge is -2.18. The highest BCUT2D eigenvalue weighted by Crippen LogP contribution is 2.19. The zero-order valence-corrected chi connectivity index (χ0v) is 16.7. The molecule has 2 aromatic heterocycles. The van der Waals surface area contributed by atoms with E-state index in [0.717, 1.165) is 16.8 Å². The van der Waals surface area contributed by atoms with Gasteiger partial charge in [-0.05, 0) is 65.1 Å². The summed E-state index contributed by atoms with van der Waals surface area (Å²) in [6.07, 6.45) is 3.19. The Hall–Kier alpha value is -2.55. The highest BCUT2D eigenvalue weighted by Gasteiger charge is 2.17. The van der Waals surface area contributed by atoms with Crippen LogP contribution in [0.3, 0.4) is 0 Å². The van der Waals surface area contributed by atoms with Crippen LogP contribution in [0.1, 0.15) is 29.3 Å². The van der Waals surface area contributed by atoms with Crippen molar-refractivity contribution in [2.24, 2.45) is 5.14 Å². The van der Waals surface area contributed by atoms with Gasteiger partial charge in [-0.1, -0.05) is 18.2 Å². The molecule has 0 saturated carbocycles. The molecule has 0 aliphatic heterocycles. The van der Waals surface area contributed by atoms with E-state index in [0.29, 0.717) is 19.3 Å². The Kier molecular flexibility index (Phi) is 6.56. The predicted molar refractivity (Wildman–Crippen MR) is 109 cm³/mol. The third-order valence-corrected chi connectivity index (χ3v) is 5.95. The van der Waals surface area contributed by atoms with E-state index < -0.39 is 10.0 Å². The van der Waals surface area contributed by atoms with Crippen LogP contribution in [0.15, 0.2) is 70.4 Å². The Bertz CT molecular complexity index is 1000. The third-order valence-electron chi connectivity index (χ3n) is 4.29. The van der Waals surface area contributed by atoms with Crippen molar-refractivity contribution in [3.63, 3.8) is 0 Å². The van der Waals surface area contributed by atoms with E-state index in [2.05, 4.69) is 15.7 Å². The van der Waals surface area contributed by atoms with Gasteiger partial charge >= 0.3 is 0 Å². The summed E-state index contributed by atoms with van der Waals surface area (Å²) in [5.41, 5.74) is 2.84. The molecule has 3 N–H and O–H groups in total. The minimum atomic E-state index is -3.71. The molecule has 8 heteroatoms. The first-order valence-corrected chi connectivity index (χ1v) is 11.2. The first-order chi connectivity index (χ1) is 13.4.